The van der Waals surface area contributed by atoms with Crippen LogP contribution in [0.25, 0.3) is 0 Å². The SMILES string of the molecule is O=C(O)C(c1ccc(C(F)(F)F)cc1)N(Cc1ccccc1)C(=O)C(F)(F)F. The average molecular weight is 405 g/mol. The summed E-state index contributed by atoms with van der Waals surface area (Å²) in [5.74, 6) is -4.23. The number of carbonyl (C=O) groups excluding carboxylic acids is 1. The standard InChI is InChI=1S/C18H13F6NO3/c19-17(20,21)13-8-6-12(7-9-13)14(15(26)27)25(16(28)18(22,23)24)10-11-4-2-1-3-5-11/h1-9,14H,10H2,(H,26,27). The fourth-order valence-electron chi connectivity index (χ4n) is 2.53. The summed E-state index contributed by atoms with van der Waals surface area (Å²) in [5, 5.41) is 9.44. The van der Waals surface area contributed by atoms with Crippen molar-refractivity contribution in [2.45, 2.75) is 24.9 Å². The lowest BCUT2D eigenvalue weighted by molar-refractivity contribution is -0.190. The van der Waals surface area contributed by atoms with Crippen LogP contribution in [0.15, 0.2) is 54.6 Å². The number of hydrogen-bond donors (Lipinski definition) is 1. The van der Waals surface area contributed by atoms with Gasteiger partial charge in [0.1, 0.15) is 0 Å². The van der Waals surface area contributed by atoms with Gasteiger partial charge in [0.05, 0.1) is 5.56 Å². The van der Waals surface area contributed by atoms with Crippen molar-refractivity contribution in [3.63, 3.8) is 0 Å². The van der Waals surface area contributed by atoms with Gasteiger partial charge in [0.2, 0.25) is 0 Å². The molecule has 150 valence electrons. The number of carboxylic acid groups (broad SMARTS) is 1. The van der Waals surface area contributed by atoms with Crippen molar-refractivity contribution in [2.75, 3.05) is 0 Å². The number of hydrogen-bond acceptors (Lipinski definition) is 2. The predicted molar refractivity (Wildman–Crippen MR) is 84.9 cm³/mol. The number of carboxylic acids is 1. The summed E-state index contributed by atoms with van der Waals surface area (Å²) < 4.78 is 77.1. The lowest BCUT2D eigenvalue weighted by Crippen LogP contribution is -2.45. The molecule has 0 fully saturated rings. The van der Waals surface area contributed by atoms with E-state index in [4.69, 9.17) is 0 Å². The van der Waals surface area contributed by atoms with Crippen LogP contribution in [0, 0.1) is 0 Å². The third-order valence-electron chi connectivity index (χ3n) is 3.80. The topological polar surface area (TPSA) is 57.6 Å². The molecule has 1 atom stereocenters. The van der Waals surface area contributed by atoms with Gasteiger partial charge in [0, 0.05) is 6.54 Å². The lowest BCUT2D eigenvalue weighted by Gasteiger charge is -2.30. The molecule has 0 aliphatic heterocycles. The van der Waals surface area contributed by atoms with Crippen LogP contribution >= 0.6 is 0 Å². The number of benzene rings is 2. The van der Waals surface area contributed by atoms with E-state index in [0.717, 1.165) is 12.1 Å². The second kappa shape index (κ2) is 7.91. The van der Waals surface area contributed by atoms with E-state index in [1.54, 1.807) is 6.07 Å². The Morgan fingerprint density at radius 2 is 1.43 bits per heavy atom. The molecule has 0 heterocycles. The van der Waals surface area contributed by atoms with E-state index in [-0.39, 0.29) is 10.5 Å². The fourth-order valence-corrected chi connectivity index (χ4v) is 2.53. The van der Waals surface area contributed by atoms with Gasteiger partial charge in [-0.15, -0.1) is 0 Å². The zero-order chi connectivity index (χ0) is 21.1. The molecule has 1 unspecified atom stereocenters. The summed E-state index contributed by atoms with van der Waals surface area (Å²) in [5.41, 5.74) is -1.27. The molecule has 4 nitrogen and oxygen atoms in total. The van der Waals surface area contributed by atoms with E-state index in [1.165, 1.54) is 24.3 Å². The Labute approximate surface area is 155 Å². The van der Waals surface area contributed by atoms with Gasteiger partial charge in [0.25, 0.3) is 0 Å². The minimum atomic E-state index is -5.37. The van der Waals surface area contributed by atoms with Crippen molar-refractivity contribution in [2.24, 2.45) is 0 Å². The zero-order valence-electron chi connectivity index (χ0n) is 14.0. The van der Waals surface area contributed by atoms with Gasteiger partial charge in [-0.25, -0.2) is 4.79 Å². The molecule has 2 aromatic rings. The van der Waals surface area contributed by atoms with Crippen LogP contribution in [0.2, 0.25) is 0 Å². The summed E-state index contributed by atoms with van der Waals surface area (Å²) in [6.07, 6.45) is -10.1. The number of amides is 1. The zero-order valence-corrected chi connectivity index (χ0v) is 14.0. The molecule has 0 saturated heterocycles. The van der Waals surface area contributed by atoms with E-state index in [9.17, 15) is 41.0 Å². The van der Waals surface area contributed by atoms with Crippen LogP contribution < -0.4 is 0 Å². The molecule has 28 heavy (non-hydrogen) atoms. The molecule has 0 aliphatic rings. The monoisotopic (exact) mass is 405 g/mol. The fraction of sp³-hybridized carbons (Fsp3) is 0.222. The van der Waals surface area contributed by atoms with Gasteiger partial charge >= 0.3 is 24.2 Å². The summed E-state index contributed by atoms with van der Waals surface area (Å²) >= 11 is 0. The first-order valence-corrected chi connectivity index (χ1v) is 7.73. The van der Waals surface area contributed by atoms with Crippen molar-refractivity contribution in [3.05, 3.63) is 71.3 Å². The van der Waals surface area contributed by atoms with Crippen molar-refractivity contribution in [1.82, 2.24) is 4.90 Å². The van der Waals surface area contributed by atoms with Crippen LogP contribution in [0.1, 0.15) is 22.7 Å². The van der Waals surface area contributed by atoms with E-state index in [0.29, 0.717) is 12.1 Å². The second-order valence-electron chi connectivity index (χ2n) is 5.78. The minimum absolute atomic E-state index is 0.0697. The van der Waals surface area contributed by atoms with Gasteiger partial charge in [-0.1, -0.05) is 42.5 Å². The predicted octanol–water partition coefficient (Wildman–Crippen LogP) is 4.42. The highest BCUT2D eigenvalue weighted by atomic mass is 19.4. The van der Waals surface area contributed by atoms with Gasteiger partial charge in [0.15, 0.2) is 6.04 Å². The maximum absolute atomic E-state index is 13.0. The van der Waals surface area contributed by atoms with Gasteiger partial charge in [-0.2, -0.15) is 26.3 Å². The molecule has 10 heteroatoms. The Hall–Kier alpha value is -3.04. The summed E-state index contributed by atoms with van der Waals surface area (Å²) in [4.78, 5) is 23.6. The highest BCUT2D eigenvalue weighted by Gasteiger charge is 2.46. The quantitative estimate of drug-likeness (QED) is 0.750. The van der Waals surface area contributed by atoms with Crippen molar-refractivity contribution >= 4 is 11.9 Å². The molecule has 0 aliphatic carbocycles. The van der Waals surface area contributed by atoms with E-state index in [2.05, 4.69) is 0 Å². The third kappa shape index (κ3) is 5.02. The molecular formula is C18H13F6NO3. The molecule has 2 rings (SSSR count). The number of aliphatic carboxylic acids is 1. The van der Waals surface area contributed by atoms with Crippen molar-refractivity contribution < 1.29 is 41.0 Å². The highest BCUT2D eigenvalue weighted by Crippen LogP contribution is 2.33. The van der Waals surface area contributed by atoms with Gasteiger partial charge < -0.3 is 10.0 Å². The van der Waals surface area contributed by atoms with E-state index < -0.39 is 47.9 Å². The number of halogens is 6. The maximum Gasteiger partial charge on any atom is 0.471 e. The van der Waals surface area contributed by atoms with E-state index >= 15 is 0 Å². The molecule has 0 spiro atoms. The van der Waals surface area contributed by atoms with Crippen LogP contribution in [-0.4, -0.2) is 28.1 Å². The summed E-state index contributed by atoms with van der Waals surface area (Å²) in [6, 6.07) is 7.77. The molecule has 1 N–H and O–H groups in total. The first kappa shape index (κ1) is 21.3. The maximum atomic E-state index is 13.0. The Morgan fingerprint density at radius 3 is 1.86 bits per heavy atom. The molecule has 0 saturated carbocycles. The number of carbonyl (C=O) groups is 2. The Kier molecular flexibility index (Phi) is 6.01. The lowest BCUT2D eigenvalue weighted by atomic mass is 10.0. The average Bonchev–Trinajstić information content (AvgIpc) is 2.60. The largest absolute Gasteiger partial charge is 0.479 e. The summed E-state index contributed by atoms with van der Waals surface area (Å²) in [7, 11) is 0. The van der Waals surface area contributed by atoms with Crippen molar-refractivity contribution in [1.29, 1.82) is 0 Å². The Bertz CT molecular complexity index is 831. The second-order valence-corrected chi connectivity index (χ2v) is 5.78. The van der Waals surface area contributed by atoms with Crippen LogP contribution in [-0.2, 0) is 22.3 Å². The molecule has 1 amide bonds. The Morgan fingerprint density at radius 1 is 0.893 bits per heavy atom. The third-order valence-corrected chi connectivity index (χ3v) is 3.80. The van der Waals surface area contributed by atoms with Gasteiger partial charge in [-0.05, 0) is 23.3 Å². The van der Waals surface area contributed by atoms with Crippen molar-refractivity contribution in [3.8, 4) is 0 Å². The van der Waals surface area contributed by atoms with Gasteiger partial charge in [-0.3, -0.25) is 4.79 Å². The molecule has 0 bridgehead atoms. The van der Waals surface area contributed by atoms with E-state index in [1.807, 2.05) is 0 Å². The smallest absolute Gasteiger partial charge is 0.471 e. The first-order chi connectivity index (χ1) is 12.9. The molecular weight excluding hydrogens is 392 g/mol. The minimum Gasteiger partial charge on any atom is -0.479 e. The normalized spacial score (nSPS) is 13.1. The molecule has 0 aromatic heterocycles. The van der Waals surface area contributed by atoms with Crippen LogP contribution in [0.4, 0.5) is 26.3 Å². The van der Waals surface area contributed by atoms with Crippen LogP contribution in [0.3, 0.4) is 0 Å². The van der Waals surface area contributed by atoms with Crippen LogP contribution in [0.5, 0.6) is 0 Å². The number of alkyl halides is 6. The summed E-state index contributed by atoms with van der Waals surface area (Å²) in [6.45, 7) is -0.697. The first-order valence-electron chi connectivity index (χ1n) is 7.73. The molecule has 0 radical (unpaired) electrons. The Balaban J connectivity index is 2.49. The number of nitrogens with zero attached hydrogens (tertiary/aromatic N) is 1. The highest BCUT2D eigenvalue weighted by molar-refractivity contribution is 5.87. The number of rotatable bonds is 5. The molecule has 2 aromatic carbocycles.